The molecular formula is C21H29N3O2S. The minimum absolute atomic E-state index is 0.111. The summed E-state index contributed by atoms with van der Waals surface area (Å²) in [6, 6.07) is 8.35. The molecule has 1 fully saturated rings. The van der Waals surface area contributed by atoms with Gasteiger partial charge in [0.1, 0.15) is 0 Å². The highest BCUT2D eigenvalue weighted by molar-refractivity contribution is 7.99. The van der Waals surface area contributed by atoms with Gasteiger partial charge in [-0.05, 0) is 31.7 Å². The van der Waals surface area contributed by atoms with Gasteiger partial charge in [0.2, 0.25) is 11.8 Å². The Bertz CT molecular complexity index is 723. The second-order valence-corrected chi connectivity index (χ2v) is 8.26. The molecule has 5 nitrogen and oxygen atoms in total. The molecule has 1 amide bonds. The maximum Gasteiger partial charge on any atom is 0.277 e. The Labute approximate surface area is 165 Å². The molecule has 1 aliphatic rings. The lowest BCUT2D eigenvalue weighted by atomic mass is 9.89. The van der Waals surface area contributed by atoms with E-state index in [1.807, 2.05) is 4.90 Å². The van der Waals surface area contributed by atoms with E-state index in [9.17, 15) is 4.79 Å². The third kappa shape index (κ3) is 5.83. The topological polar surface area (TPSA) is 59.2 Å². The lowest BCUT2D eigenvalue weighted by Gasteiger charge is -2.22. The molecule has 0 unspecified atom stereocenters. The summed E-state index contributed by atoms with van der Waals surface area (Å²) >= 11 is 1.35. The van der Waals surface area contributed by atoms with E-state index in [-0.39, 0.29) is 5.91 Å². The molecule has 0 N–H and O–H groups in total. The van der Waals surface area contributed by atoms with Gasteiger partial charge >= 0.3 is 0 Å². The molecule has 3 rings (SSSR count). The molecule has 0 radical (unpaired) electrons. The van der Waals surface area contributed by atoms with Crippen molar-refractivity contribution in [3.63, 3.8) is 0 Å². The van der Waals surface area contributed by atoms with E-state index in [2.05, 4.69) is 48.3 Å². The third-order valence-corrected chi connectivity index (χ3v) is 5.84. The predicted octanol–water partition coefficient (Wildman–Crippen LogP) is 4.96. The molecule has 6 heteroatoms. The summed E-state index contributed by atoms with van der Waals surface area (Å²) in [6.45, 7) is 5.56. The number of hydrogen-bond acceptors (Lipinski definition) is 5. The van der Waals surface area contributed by atoms with Crippen molar-refractivity contribution < 1.29 is 9.21 Å². The van der Waals surface area contributed by atoms with Crippen molar-refractivity contribution in [2.75, 3.05) is 12.3 Å². The Morgan fingerprint density at radius 2 is 1.93 bits per heavy atom. The van der Waals surface area contributed by atoms with E-state index >= 15 is 0 Å². The molecule has 146 valence electrons. The molecule has 1 heterocycles. The van der Waals surface area contributed by atoms with Crippen LogP contribution in [0.2, 0.25) is 0 Å². The van der Waals surface area contributed by atoms with Crippen LogP contribution in [0, 0.1) is 6.92 Å². The van der Waals surface area contributed by atoms with Crippen LogP contribution in [-0.2, 0) is 11.3 Å². The van der Waals surface area contributed by atoms with Crippen LogP contribution < -0.4 is 0 Å². The Morgan fingerprint density at radius 1 is 1.19 bits per heavy atom. The highest BCUT2D eigenvalue weighted by Gasteiger charge is 2.22. The van der Waals surface area contributed by atoms with Crippen LogP contribution in [-0.4, -0.2) is 33.3 Å². The smallest absolute Gasteiger partial charge is 0.277 e. The molecule has 27 heavy (non-hydrogen) atoms. The molecule has 2 aromatic rings. The van der Waals surface area contributed by atoms with Crippen LogP contribution >= 0.6 is 11.8 Å². The molecule has 1 saturated carbocycles. The number of nitrogens with zero attached hydrogens (tertiary/aromatic N) is 3. The fourth-order valence-electron chi connectivity index (χ4n) is 3.48. The first-order valence-corrected chi connectivity index (χ1v) is 10.9. The van der Waals surface area contributed by atoms with E-state index in [0.29, 0.717) is 23.4 Å². The summed E-state index contributed by atoms with van der Waals surface area (Å²) in [6.07, 6.45) is 6.97. The molecule has 0 saturated heterocycles. The minimum Gasteiger partial charge on any atom is -0.416 e. The zero-order valence-electron chi connectivity index (χ0n) is 16.3. The highest BCUT2D eigenvalue weighted by atomic mass is 32.2. The number of rotatable bonds is 8. The van der Waals surface area contributed by atoms with Gasteiger partial charge in [0, 0.05) is 19.0 Å². The second kappa shape index (κ2) is 9.93. The van der Waals surface area contributed by atoms with E-state index in [0.717, 1.165) is 37.3 Å². The van der Waals surface area contributed by atoms with Crippen molar-refractivity contribution >= 4 is 17.7 Å². The van der Waals surface area contributed by atoms with Crippen LogP contribution in [0.4, 0.5) is 0 Å². The third-order valence-electron chi connectivity index (χ3n) is 5.04. The summed E-state index contributed by atoms with van der Waals surface area (Å²) in [5, 5.41) is 8.86. The number of benzene rings is 1. The number of carbonyl (C=O) groups excluding carboxylic acids is 1. The van der Waals surface area contributed by atoms with Crippen molar-refractivity contribution in [3.8, 4) is 0 Å². The average Bonchev–Trinajstić information content (AvgIpc) is 3.17. The molecule has 1 aromatic carbocycles. The number of carbonyl (C=O) groups is 1. The van der Waals surface area contributed by atoms with Crippen LogP contribution in [0.5, 0.6) is 0 Å². The molecular weight excluding hydrogens is 358 g/mol. The largest absolute Gasteiger partial charge is 0.416 e. The lowest BCUT2D eigenvalue weighted by molar-refractivity contribution is -0.129. The van der Waals surface area contributed by atoms with E-state index in [1.54, 1.807) is 0 Å². The number of thioether (sulfide) groups is 1. The molecule has 0 spiro atoms. The summed E-state index contributed by atoms with van der Waals surface area (Å²) in [5.74, 6) is 1.59. The maximum atomic E-state index is 12.7. The zero-order valence-corrected chi connectivity index (χ0v) is 17.1. The standard InChI is InChI=1S/C21H29N3O2S/c1-3-13-24(14-17-11-9-16(2)10-12-17)19(25)15-27-21-23-22-20(26-21)18-7-5-4-6-8-18/h9-12,18H,3-8,13-15H2,1-2H3. The van der Waals surface area contributed by atoms with Crippen molar-refractivity contribution in [2.45, 2.75) is 70.1 Å². The van der Waals surface area contributed by atoms with Crippen LogP contribution in [0.25, 0.3) is 0 Å². The quantitative estimate of drug-likeness (QED) is 0.599. The highest BCUT2D eigenvalue weighted by Crippen LogP contribution is 2.32. The first-order valence-electron chi connectivity index (χ1n) is 9.95. The Morgan fingerprint density at radius 3 is 2.63 bits per heavy atom. The average molecular weight is 388 g/mol. The fourth-order valence-corrected chi connectivity index (χ4v) is 4.16. The van der Waals surface area contributed by atoms with Crippen molar-refractivity contribution in [2.24, 2.45) is 0 Å². The van der Waals surface area contributed by atoms with Crippen molar-refractivity contribution in [1.82, 2.24) is 15.1 Å². The van der Waals surface area contributed by atoms with Crippen LogP contribution in [0.3, 0.4) is 0 Å². The van der Waals surface area contributed by atoms with Crippen LogP contribution in [0.1, 0.15) is 68.4 Å². The second-order valence-electron chi connectivity index (χ2n) is 7.33. The number of aryl methyl sites for hydroxylation is 1. The Kier molecular flexibility index (Phi) is 7.33. The Balaban J connectivity index is 1.54. The monoisotopic (exact) mass is 387 g/mol. The van der Waals surface area contributed by atoms with Crippen molar-refractivity contribution in [1.29, 1.82) is 0 Å². The van der Waals surface area contributed by atoms with E-state index < -0.39 is 0 Å². The minimum atomic E-state index is 0.111. The van der Waals surface area contributed by atoms with E-state index in [4.69, 9.17) is 4.42 Å². The number of aromatic nitrogens is 2. The summed E-state index contributed by atoms with van der Waals surface area (Å²) in [7, 11) is 0. The van der Waals surface area contributed by atoms with Gasteiger partial charge in [0.05, 0.1) is 5.75 Å². The number of amides is 1. The SMILES string of the molecule is CCCN(Cc1ccc(C)cc1)C(=O)CSc1nnc(C2CCCCC2)o1. The van der Waals surface area contributed by atoms with Gasteiger partial charge in [-0.15, -0.1) is 10.2 Å². The summed E-state index contributed by atoms with van der Waals surface area (Å²) < 4.78 is 5.81. The maximum absolute atomic E-state index is 12.7. The summed E-state index contributed by atoms with van der Waals surface area (Å²) in [4.78, 5) is 14.6. The van der Waals surface area contributed by atoms with Gasteiger partial charge in [-0.25, -0.2) is 0 Å². The first kappa shape index (κ1) is 19.9. The Hall–Kier alpha value is -1.82. The predicted molar refractivity (Wildman–Crippen MR) is 108 cm³/mol. The first-order chi connectivity index (χ1) is 13.2. The van der Waals surface area contributed by atoms with Gasteiger partial charge in [0.25, 0.3) is 5.22 Å². The zero-order chi connectivity index (χ0) is 19.1. The van der Waals surface area contributed by atoms with Crippen molar-refractivity contribution in [3.05, 3.63) is 41.3 Å². The van der Waals surface area contributed by atoms with Gasteiger partial charge in [0.15, 0.2) is 0 Å². The normalized spacial score (nSPS) is 15.0. The van der Waals surface area contributed by atoms with E-state index in [1.165, 1.54) is 36.6 Å². The molecule has 0 atom stereocenters. The van der Waals surface area contributed by atoms with Gasteiger partial charge in [-0.1, -0.05) is 67.8 Å². The van der Waals surface area contributed by atoms with Gasteiger partial charge in [-0.3, -0.25) is 4.79 Å². The number of hydrogen-bond donors (Lipinski definition) is 0. The molecule has 0 bridgehead atoms. The van der Waals surface area contributed by atoms with Gasteiger partial charge < -0.3 is 9.32 Å². The molecule has 1 aromatic heterocycles. The summed E-state index contributed by atoms with van der Waals surface area (Å²) in [5.41, 5.74) is 2.39. The molecule has 0 aliphatic heterocycles. The lowest BCUT2D eigenvalue weighted by Crippen LogP contribution is -2.32. The van der Waals surface area contributed by atoms with Crippen LogP contribution in [0.15, 0.2) is 33.9 Å². The van der Waals surface area contributed by atoms with Gasteiger partial charge in [-0.2, -0.15) is 0 Å². The fraction of sp³-hybridized carbons (Fsp3) is 0.571. The molecule has 1 aliphatic carbocycles.